The molecular weight excluding hydrogens is 478 g/mol. The fourth-order valence-corrected chi connectivity index (χ4v) is 4.19. The SMILES string of the molecule is Cc1nc(CCNC(=S)NCCCC(=O)NCCCOc2csc(CN(C)C)c2)c([N+](=O)[O-])[nH]1. The van der Waals surface area contributed by atoms with Crippen molar-refractivity contribution in [3.05, 3.63) is 38.0 Å². The van der Waals surface area contributed by atoms with Gasteiger partial charge in [-0.25, -0.2) is 9.97 Å². The van der Waals surface area contributed by atoms with Crippen molar-refractivity contribution in [3.8, 4) is 5.75 Å². The van der Waals surface area contributed by atoms with Crippen LogP contribution in [0.3, 0.4) is 0 Å². The number of aromatic amines is 1. The van der Waals surface area contributed by atoms with Gasteiger partial charge in [-0.2, -0.15) is 0 Å². The number of amides is 1. The predicted molar refractivity (Wildman–Crippen MR) is 136 cm³/mol. The van der Waals surface area contributed by atoms with Crippen LogP contribution >= 0.6 is 23.6 Å². The number of thiophene rings is 1. The van der Waals surface area contributed by atoms with E-state index in [2.05, 4.69) is 36.9 Å². The Bertz CT molecular complexity index is 945. The van der Waals surface area contributed by atoms with Gasteiger partial charge >= 0.3 is 5.82 Å². The van der Waals surface area contributed by atoms with E-state index in [9.17, 15) is 14.9 Å². The zero-order chi connectivity index (χ0) is 24.9. The van der Waals surface area contributed by atoms with E-state index in [1.165, 1.54) is 4.88 Å². The lowest BCUT2D eigenvalue weighted by atomic mass is 10.3. The van der Waals surface area contributed by atoms with Gasteiger partial charge in [0.1, 0.15) is 11.4 Å². The fraction of sp³-hybridized carbons (Fsp3) is 0.571. The third kappa shape index (κ3) is 10.4. The quantitative estimate of drug-likeness (QED) is 0.123. The molecule has 2 aromatic rings. The minimum Gasteiger partial charge on any atom is -0.493 e. The Hall–Kier alpha value is -2.77. The van der Waals surface area contributed by atoms with Crippen LogP contribution in [-0.2, 0) is 17.8 Å². The Morgan fingerprint density at radius 3 is 2.74 bits per heavy atom. The first-order valence-corrected chi connectivity index (χ1v) is 12.4. The molecule has 2 aromatic heterocycles. The van der Waals surface area contributed by atoms with Crippen molar-refractivity contribution in [1.82, 2.24) is 30.8 Å². The van der Waals surface area contributed by atoms with Crippen molar-refractivity contribution in [2.24, 2.45) is 0 Å². The summed E-state index contributed by atoms with van der Waals surface area (Å²) in [6, 6.07) is 2.05. The monoisotopic (exact) mass is 511 g/mol. The summed E-state index contributed by atoms with van der Waals surface area (Å²) in [5.41, 5.74) is 0.393. The van der Waals surface area contributed by atoms with Crippen LogP contribution in [0.2, 0.25) is 0 Å². The maximum atomic E-state index is 11.9. The molecule has 4 N–H and O–H groups in total. The van der Waals surface area contributed by atoms with Crippen LogP contribution in [0.15, 0.2) is 11.4 Å². The number of ether oxygens (including phenoxy) is 1. The van der Waals surface area contributed by atoms with E-state index in [0.717, 1.165) is 18.7 Å². The molecule has 2 rings (SSSR count). The highest BCUT2D eigenvalue weighted by atomic mass is 32.1. The highest BCUT2D eigenvalue weighted by Gasteiger charge is 2.17. The third-order valence-electron chi connectivity index (χ3n) is 4.59. The Morgan fingerprint density at radius 2 is 2.00 bits per heavy atom. The van der Waals surface area contributed by atoms with Crippen molar-refractivity contribution in [1.29, 1.82) is 0 Å². The highest BCUT2D eigenvalue weighted by Crippen LogP contribution is 2.22. The number of nitrogens with zero attached hydrogens (tertiary/aromatic N) is 3. The molecule has 0 aromatic carbocycles. The summed E-state index contributed by atoms with van der Waals surface area (Å²) in [6.45, 7) is 4.67. The summed E-state index contributed by atoms with van der Waals surface area (Å²) < 4.78 is 5.73. The molecule has 34 heavy (non-hydrogen) atoms. The molecular formula is C21H33N7O4S2. The normalized spacial score (nSPS) is 10.8. The van der Waals surface area contributed by atoms with Gasteiger partial charge in [-0.05, 0) is 50.1 Å². The van der Waals surface area contributed by atoms with E-state index in [0.29, 0.717) is 62.1 Å². The number of nitrogens with one attached hydrogen (secondary N) is 4. The van der Waals surface area contributed by atoms with E-state index in [4.69, 9.17) is 17.0 Å². The average molecular weight is 512 g/mol. The van der Waals surface area contributed by atoms with Crippen LogP contribution in [0, 0.1) is 17.0 Å². The van der Waals surface area contributed by atoms with Crippen molar-refractivity contribution in [2.75, 3.05) is 40.3 Å². The predicted octanol–water partition coefficient (Wildman–Crippen LogP) is 2.12. The van der Waals surface area contributed by atoms with E-state index in [1.54, 1.807) is 18.3 Å². The molecule has 0 aliphatic carbocycles. The first-order valence-electron chi connectivity index (χ1n) is 11.1. The largest absolute Gasteiger partial charge is 0.493 e. The smallest absolute Gasteiger partial charge is 0.343 e. The molecule has 188 valence electrons. The third-order valence-corrected chi connectivity index (χ3v) is 5.77. The van der Waals surface area contributed by atoms with Gasteiger partial charge in [0.05, 0.1) is 6.61 Å². The van der Waals surface area contributed by atoms with Gasteiger partial charge in [0.15, 0.2) is 10.9 Å². The number of carbonyl (C=O) groups excluding carboxylic acids is 1. The van der Waals surface area contributed by atoms with Gasteiger partial charge in [-0.1, -0.05) is 0 Å². The van der Waals surface area contributed by atoms with Gasteiger partial charge in [0.25, 0.3) is 0 Å². The Labute approximate surface area is 208 Å². The molecule has 0 atom stereocenters. The maximum absolute atomic E-state index is 11.9. The number of nitro groups is 1. The number of aryl methyl sites for hydroxylation is 1. The van der Waals surface area contributed by atoms with Crippen LogP contribution in [0.25, 0.3) is 0 Å². The second-order valence-corrected chi connectivity index (χ2v) is 9.35. The Balaban J connectivity index is 1.47. The molecule has 0 unspecified atom stereocenters. The molecule has 13 heteroatoms. The van der Waals surface area contributed by atoms with Crippen LogP contribution in [-0.4, -0.2) is 71.1 Å². The minimum atomic E-state index is -0.477. The summed E-state index contributed by atoms with van der Waals surface area (Å²) in [7, 11) is 4.07. The molecule has 0 saturated heterocycles. The zero-order valence-corrected chi connectivity index (χ0v) is 21.4. The highest BCUT2D eigenvalue weighted by molar-refractivity contribution is 7.80. The molecule has 0 aliphatic heterocycles. The summed E-state index contributed by atoms with van der Waals surface area (Å²) in [4.78, 5) is 32.6. The number of aromatic nitrogens is 2. The molecule has 0 spiro atoms. The summed E-state index contributed by atoms with van der Waals surface area (Å²) in [5, 5.41) is 22.3. The van der Waals surface area contributed by atoms with Crippen molar-refractivity contribution >= 4 is 40.4 Å². The number of carbonyl (C=O) groups is 1. The first-order chi connectivity index (χ1) is 16.2. The zero-order valence-electron chi connectivity index (χ0n) is 19.8. The molecule has 0 fully saturated rings. The van der Waals surface area contributed by atoms with Crippen LogP contribution in [0.4, 0.5) is 5.82 Å². The van der Waals surface area contributed by atoms with Crippen LogP contribution in [0.1, 0.15) is 35.7 Å². The Kier molecular flexibility index (Phi) is 11.7. The van der Waals surface area contributed by atoms with Gasteiger partial charge in [-0.15, -0.1) is 11.3 Å². The van der Waals surface area contributed by atoms with Gasteiger partial charge in [-0.3, -0.25) is 4.79 Å². The lowest BCUT2D eigenvalue weighted by Gasteiger charge is -2.10. The molecule has 2 heterocycles. The molecule has 11 nitrogen and oxygen atoms in total. The number of rotatable bonds is 15. The molecule has 0 radical (unpaired) electrons. The number of H-pyrrole nitrogens is 1. The van der Waals surface area contributed by atoms with E-state index in [-0.39, 0.29) is 11.7 Å². The molecule has 1 amide bonds. The molecule has 0 saturated carbocycles. The van der Waals surface area contributed by atoms with E-state index < -0.39 is 4.92 Å². The van der Waals surface area contributed by atoms with E-state index in [1.807, 2.05) is 19.5 Å². The van der Waals surface area contributed by atoms with Crippen molar-refractivity contribution < 1.29 is 14.5 Å². The average Bonchev–Trinajstić information content (AvgIpc) is 3.36. The first kappa shape index (κ1) is 27.5. The van der Waals surface area contributed by atoms with Crippen molar-refractivity contribution in [3.63, 3.8) is 0 Å². The number of hydrogen-bond donors (Lipinski definition) is 4. The summed E-state index contributed by atoms with van der Waals surface area (Å²) in [5.74, 6) is 1.29. The fourth-order valence-electron chi connectivity index (χ4n) is 3.07. The minimum absolute atomic E-state index is 0.00862. The summed E-state index contributed by atoms with van der Waals surface area (Å²) in [6.07, 6.45) is 2.15. The topological polar surface area (TPSA) is 137 Å². The second-order valence-electron chi connectivity index (χ2n) is 7.95. The molecule has 0 bridgehead atoms. The summed E-state index contributed by atoms with van der Waals surface area (Å²) >= 11 is 6.88. The van der Waals surface area contributed by atoms with Crippen molar-refractivity contribution in [2.45, 2.75) is 39.2 Å². The number of thiocarbonyl (C=S) groups is 1. The van der Waals surface area contributed by atoms with Crippen LogP contribution in [0.5, 0.6) is 5.75 Å². The van der Waals surface area contributed by atoms with Crippen LogP contribution < -0.4 is 20.7 Å². The van der Waals surface area contributed by atoms with Gasteiger partial charge in [0.2, 0.25) is 5.91 Å². The van der Waals surface area contributed by atoms with Gasteiger partial charge < -0.3 is 35.7 Å². The lowest BCUT2D eigenvalue weighted by molar-refractivity contribution is -0.390. The Morgan fingerprint density at radius 1 is 1.26 bits per heavy atom. The second kappa shape index (κ2) is 14.5. The van der Waals surface area contributed by atoms with Gasteiger partial charge in [0, 0.05) is 56.2 Å². The lowest BCUT2D eigenvalue weighted by Crippen LogP contribution is -2.37. The molecule has 0 aliphatic rings. The maximum Gasteiger partial charge on any atom is 0.343 e. The standard InChI is InChI=1S/C21H33N7O4S2/c1-15-25-18(20(26-15)28(30)31)7-10-24-21(33)23-8-4-6-19(29)22-9-5-11-32-16-12-17(34-14-16)13-27(2)3/h12,14H,4-11,13H2,1-3H3,(H,22,29)(H,25,26)(H2,23,24,33). The van der Waals surface area contributed by atoms with E-state index >= 15 is 0 Å². The number of imidazole rings is 1. The number of hydrogen-bond acceptors (Lipinski definition) is 8.